The Morgan fingerprint density at radius 1 is 0.974 bits per heavy atom. The molecule has 0 radical (unpaired) electrons. The van der Waals surface area contributed by atoms with E-state index in [-0.39, 0.29) is 29.9 Å². The van der Waals surface area contributed by atoms with Crippen molar-refractivity contribution in [2.24, 2.45) is 0 Å². The van der Waals surface area contributed by atoms with Gasteiger partial charge in [0, 0.05) is 19.0 Å². The van der Waals surface area contributed by atoms with Crippen LogP contribution in [0.2, 0.25) is 0 Å². The van der Waals surface area contributed by atoms with E-state index in [1.165, 1.54) is 5.56 Å². The second kappa shape index (κ2) is 13.8. The Morgan fingerprint density at radius 3 is 2.28 bits per heavy atom. The molecular weight excluding hydrogens is 552 g/mol. The molecule has 3 aromatic rings. The monoisotopic (exact) mass is 592 g/mol. The van der Waals surface area contributed by atoms with E-state index in [1.54, 1.807) is 4.90 Å². The van der Waals surface area contributed by atoms with Crippen LogP contribution in [0.5, 0.6) is 5.75 Å². The van der Waals surface area contributed by atoms with Crippen LogP contribution in [0.4, 0.5) is 0 Å². The van der Waals surface area contributed by atoms with E-state index in [1.807, 2.05) is 87.5 Å². The van der Waals surface area contributed by atoms with Gasteiger partial charge in [0.15, 0.2) is 6.61 Å². The topological polar surface area (TPSA) is 58.6 Å². The van der Waals surface area contributed by atoms with Crippen molar-refractivity contribution >= 4 is 27.7 Å². The quantitative estimate of drug-likeness (QED) is 0.261. The van der Waals surface area contributed by atoms with Crippen molar-refractivity contribution in [1.82, 2.24) is 10.2 Å². The first-order valence-electron chi connectivity index (χ1n) is 13.6. The minimum atomic E-state index is -0.690. The molecule has 0 saturated carbocycles. The largest absolute Gasteiger partial charge is 0.483 e. The van der Waals surface area contributed by atoms with Crippen molar-refractivity contribution in [1.29, 1.82) is 0 Å². The molecule has 1 N–H and O–H groups in total. The third-order valence-corrected chi connectivity index (χ3v) is 7.48. The summed E-state index contributed by atoms with van der Waals surface area (Å²) in [6, 6.07) is 23.1. The molecule has 0 aliphatic carbocycles. The molecule has 0 bridgehead atoms. The maximum atomic E-state index is 13.8. The van der Waals surface area contributed by atoms with Crippen molar-refractivity contribution in [2.75, 3.05) is 6.61 Å². The smallest absolute Gasteiger partial charge is 0.261 e. The maximum absolute atomic E-state index is 13.8. The van der Waals surface area contributed by atoms with Crippen LogP contribution < -0.4 is 10.1 Å². The number of carbonyl (C=O) groups excluding carboxylic acids is 2. The predicted octanol–water partition coefficient (Wildman–Crippen LogP) is 6.99. The van der Waals surface area contributed by atoms with E-state index in [0.29, 0.717) is 18.7 Å². The van der Waals surface area contributed by atoms with E-state index in [2.05, 4.69) is 48.1 Å². The lowest BCUT2D eigenvalue weighted by Gasteiger charge is -2.32. The van der Waals surface area contributed by atoms with E-state index in [0.717, 1.165) is 27.6 Å². The zero-order valence-electron chi connectivity index (χ0n) is 24.0. The molecule has 0 fully saturated rings. The summed E-state index contributed by atoms with van der Waals surface area (Å²) in [6.07, 6.45) is 1.21. The van der Waals surface area contributed by atoms with Crippen LogP contribution in [0, 0.1) is 6.92 Å². The summed E-state index contributed by atoms with van der Waals surface area (Å²) in [6.45, 7) is 12.6. The molecule has 5 nitrogen and oxygen atoms in total. The Morgan fingerprint density at radius 2 is 1.67 bits per heavy atom. The first-order chi connectivity index (χ1) is 18.5. The number of rotatable bonds is 11. The number of hydrogen-bond donors (Lipinski definition) is 1. The average Bonchev–Trinajstić information content (AvgIpc) is 2.89. The molecule has 3 rings (SSSR count). The molecule has 2 amide bonds. The number of benzene rings is 3. The fourth-order valence-corrected chi connectivity index (χ4v) is 4.80. The third-order valence-electron chi connectivity index (χ3n) is 6.86. The van der Waals surface area contributed by atoms with Crippen molar-refractivity contribution in [3.05, 3.63) is 99.5 Å². The molecule has 208 valence electrons. The minimum Gasteiger partial charge on any atom is -0.483 e. The fourth-order valence-electron chi connectivity index (χ4n) is 4.31. The first kappa shape index (κ1) is 30.4. The number of carbonyl (C=O) groups is 2. The van der Waals surface area contributed by atoms with Gasteiger partial charge in [0.1, 0.15) is 11.8 Å². The molecule has 0 spiro atoms. The highest BCUT2D eigenvalue weighted by molar-refractivity contribution is 9.10. The zero-order chi connectivity index (χ0) is 28.6. The highest BCUT2D eigenvalue weighted by Crippen LogP contribution is 2.31. The van der Waals surface area contributed by atoms with Gasteiger partial charge in [-0.1, -0.05) is 93.9 Å². The molecule has 0 unspecified atom stereocenters. The lowest BCUT2D eigenvalue weighted by molar-refractivity contribution is -0.143. The van der Waals surface area contributed by atoms with Gasteiger partial charge in [-0.25, -0.2) is 0 Å². The van der Waals surface area contributed by atoms with Gasteiger partial charge in [-0.2, -0.15) is 0 Å². The van der Waals surface area contributed by atoms with Crippen LogP contribution in [0.1, 0.15) is 63.3 Å². The molecule has 3 aromatic carbocycles. The van der Waals surface area contributed by atoms with Gasteiger partial charge in [-0.15, -0.1) is 0 Å². The fraction of sp³-hybridized carbons (Fsp3) is 0.394. The van der Waals surface area contributed by atoms with Crippen LogP contribution in [-0.4, -0.2) is 35.4 Å². The molecule has 0 heterocycles. The Hall–Kier alpha value is -3.12. The van der Waals surface area contributed by atoms with Gasteiger partial charge in [0.05, 0.1) is 4.47 Å². The minimum absolute atomic E-state index is 0.000214. The van der Waals surface area contributed by atoms with Crippen molar-refractivity contribution in [3.63, 3.8) is 0 Å². The second-order valence-corrected chi connectivity index (χ2v) is 12.1. The van der Waals surface area contributed by atoms with Crippen LogP contribution in [0.3, 0.4) is 0 Å². The summed E-state index contributed by atoms with van der Waals surface area (Å²) in [7, 11) is 0. The molecule has 6 heteroatoms. The molecule has 0 aliphatic rings. The summed E-state index contributed by atoms with van der Waals surface area (Å²) < 4.78 is 6.82. The van der Waals surface area contributed by atoms with Gasteiger partial charge in [-0.3, -0.25) is 9.59 Å². The lowest BCUT2D eigenvalue weighted by Crippen LogP contribution is -2.53. The average molecular weight is 594 g/mol. The maximum Gasteiger partial charge on any atom is 0.261 e. The highest BCUT2D eigenvalue weighted by Gasteiger charge is 2.31. The summed E-state index contributed by atoms with van der Waals surface area (Å²) >= 11 is 3.61. The normalized spacial score (nSPS) is 12.9. The lowest BCUT2D eigenvalue weighted by atomic mass is 9.87. The van der Waals surface area contributed by atoms with Gasteiger partial charge < -0.3 is 15.0 Å². The van der Waals surface area contributed by atoms with E-state index in [4.69, 9.17) is 4.74 Å². The number of nitrogens with zero attached hydrogens (tertiary/aromatic N) is 1. The van der Waals surface area contributed by atoms with Crippen molar-refractivity contribution < 1.29 is 14.3 Å². The predicted molar refractivity (Wildman–Crippen MR) is 162 cm³/mol. The number of hydrogen-bond acceptors (Lipinski definition) is 3. The van der Waals surface area contributed by atoms with Gasteiger partial charge in [0.2, 0.25) is 5.91 Å². The first-order valence-corrected chi connectivity index (χ1v) is 14.4. The third kappa shape index (κ3) is 8.96. The van der Waals surface area contributed by atoms with E-state index >= 15 is 0 Å². The van der Waals surface area contributed by atoms with Crippen molar-refractivity contribution in [2.45, 2.75) is 78.4 Å². The Kier molecular flexibility index (Phi) is 10.8. The van der Waals surface area contributed by atoms with E-state index < -0.39 is 6.04 Å². The van der Waals surface area contributed by atoms with Crippen LogP contribution in [0.25, 0.3) is 0 Å². The summed E-state index contributed by atoms with van der Waals surface area (Å²) in [5, 5.41) is 3.10. The standard InChI is InChI=1S/C33H41BrN2O3/c1-7-24(3)35-32(38)29(19-25-13-9-8-10-14-25)36(21-26-15-11-12-23(2)18-26)31(37)22-39-30-17-16-27(20-28(30)34)33(4,5)6/h8-18,20,24,29H,7,19,21-22H2,1-6H3,(H,35,38)/t24-,29+/m0/s1. The van der Waals surface area contributed by atoms with Gasteiger partial charge >= 0.3 is 0 Å². The Labute approximate surface area is 242 Å². The number of aryl methyl sites for hydroxylation is 1. The molecule has 0 aliphatic heterocycles. The number of amides is 2. The molecule has 0 aromatic heterocycles. The summed E-state index contributed by atoms with van der Waals surface area (Å²) in [4.78, 5) is 29.1. The zero-order valence-corrected chi connectivity index (χ0v) is 25.5. The molecule has 39 heavy (non-hydrogen) atoms. The second-order valence-electron chi connectivity index (χ2n) is 11.2. The van der Waals surface area contributed by atoms with Crippen molar-refractivity contribution in [3.8, 4) is 5.75 Å². The van der Waals surface area contributed by atoms with Crippen LogP contribution in [-0.2, 0) is 28.0 Å². The van der Waals surface area contributed by atoms with Crippen LogP contribution in [0.15, 0.2) is 77.3 Å². The number of ether oxygens (including phenoxy) is 1. The highest BCUT2D eigenvalue weighted by atomic mass is 79.9. The van der Waals surface area contributed by atoms with E-state index in [9.17, 15) is 9.59 Å². The Bertz CT molecular complexity index is 1250. The summed E-state index contributed by atoms with van der Waals surface area (Å²) in [5.74, 6) is 0.184. The molecular formula is C33H41BrN2O3. The molecule has 0 saturated heterocycles. The van der Waals surface area contributed by atoms with Gasteiger partial charge in [0.25, 0.3) is 5.91 Å². The number of nitrogens with one attached hydrogen (secondary N) is 1. The molecule has 2 atom stereocenters. The Balaban J connectivity index is 1.92. The van der Waals surface area contributed by atoms with Gasteiger partial charge in [-0.05, 0) is 70.4 Å². The summed E-state index contributed by atoms with van der Waals surface area (Å²) in [5.41, 5.74) is 4.22. The number of halogens is 1. The SMILES string of the molecule is CC[C@H](C)NC(=O)[C@@H](Cc1ccccc1)N(Cc1cccc(C)c1)C(=O)COc1ccc(C(C)(C)C)cc1Br. The van der Waals surface area contributed by atoms with Crippen LogP contribution >= 0.6 is 15.9 Å².